The molecule has 0 bridgehead atoms. The first-order valence-electron chi connectivity index (χ1n) is 13.7. The molecule has 2 aromatic rings. The molecule has 35 heavy (non-hydrogen) atoms. The van der Waals surface area contributed by atoms with Crippen LogP contribution in [0.3, 0.4) is 0 Å². The molecule has 0 radical (unpaired) electrons. The summed E-state index contributed by atoms with van der Waals surface area (Å²) in [7, 11) is -2.81. The number of benzene rings is 2. The van der Waals surface area contributed by atoms with Crippen LogP contribution in [0.2, 0.25) is 39.3 Å². The van der Waals surface area contributed by atoms with Gasteiger partial charge in [0.25, 0.3) is 0 Å². The van der Waals surface area contributed by atoms with E-state index in [1.165, 1.54) is 65.5 Å². The van der Waals surface area contributed by atoms with E-state index in [1.54, 1.807) is 0 Å². The highest BCUT2D eigenvalue weighted by Crippen LogP contribution is 2.48. The second-order valence-corrected chi connectivity index (χ2v) is 22.7. The zero-order valence-corrected chi connectivity index (χ0v) is 25.7. The van der Waals surface area contributed by atoms with Gasteiger partial charge in [-0.25, -0.2) is 0 Å². The zero-order valence-electron chi connectivity index (χ0n) is 23.7. The van der Waals surface area contributed by atoms with E-state index in [2.05, 4.69) is 119 Å². The Hall–Kier alpha value is -2.01. The SMILES string of the molecule is CC(C)CCCC(C)CCC1c2cc(C#C[Si](C)(C)C)ccc2-c2ccc(C#C[Si](C)(C)C)cc21. The maximum atomic E-state index is 3.56. The van der Waals surface area contributed by atoms with Gasteiger partial charge in [-0.05, 0) is 71.2 Å². The number of rotatable bonds is 7. The molecule has 1 unspecified atom stereocenters. The molecule has 0 spiro atoms. The molecular weight excluding hydrogens is 453 g/mol. The van der Waals surface area contributed by atoms with Gasteiger partial charge >= 0.3 is 0 Å². The standard InChI is InChI=1S/C33H46Si2/c1-25(2)11-10-12-26(3)13-16-31-32-23-27(19-21-34(4,5)6)14-17-29(32)30-18-15-28(24-33(30)31)20-22-35(7,8)9/h14-15,17-18,23-26,31H,10-13,16H2,1-9H3. The van der Waals surface area contributed by atoms with Crippen LogP contribution in [0.1, 0.15) is 81.0 Å². The molecule has 2 heteroatoms. The van der Waals surface area contributed by atoms with Crippen molar-refractivity contribution in [2.75, 3.05) is 0 Å². The third-order valence-corrected chi connectivity index (χ3v) is 8.48. The van der Waals surface area contributed by atoms with Crippen LogP contribution in [0.25, 0.3) is 11.1 Å². The van der Waals surface area contributed by atoms with E-state index in [0.29, 0.717) is 5.92 Å². The number of fused-ring (bicyclic) bond motifs is 3. The van der Waals surface area contributed by atoms with Crippen LogP contribution in [-0.4, -0.2) is 16.1 Å². The van der Waals surface area contributed by atoms with Gasteiger partial charge in [-0.15, -0.1) is 11.1 Å². The fraction of sp³-hybridized carbons (Fsp3) is 0.515. The summed E-state index contributed by atoms with van der Waals surface area (Å²) in [5, 5.41) is 0. The summed E-state index contributed by atoms with van der Waals surface area (Å²) in [5.41, 5.74) is 15.2. The molecule has 0 saturated carbocycles. The van der Waals surface area contributed by atoms with E-state index in [9.17, 15) is 0 Å². The Morgan fingerprint density at radius 1 is 0.686 bits per heavy atom. The minimum absolute atomic E-state index is 0.454. The van der Waals surface area contributed by atoms with Crippen LogP contribution in [0.15, 0.2) is 36.4 Å². The Bertz CT molecular complexity index is 1070. The Morgan fingerprint density at radius 3 is 1.60 bits per heavy atom. The van der Waals surface area contributed by atoms with Gasteiger partial charge in [0, 0.05) is 17.0 Å². The monoisotopic (exact) mass is 498 g/mol. The fourth-order valence-corrected chi connectivity index (χ4v) is 5.85. The van der Waals surface area contributed by atoms with Crippen molar-refractivity contribution in [2.24, 2.45) is 11.8 Å². The van der Waals surface area contributed by atoms with E-state index >= 15 is 0 Å². The molecule has 0 heterocycles. The zero-order chi connectivity index (χ0) is 25.8. The van der Waals surface area contributed by atoms with Crippen molar-refractivity contribution in [3.63, 3.8) is 0 Å². The molecule has 0 aliphatic heterocycles. The summed E-state index contributed by atoms with van der Waals surface area (Å²) < 4.78 is 0. The van der Waals surface area contributed by atoms with Gasteiger partial charge in [0.1, 0.15) is 16.1 Å². The largest absolute Gasteiger partial charge is 0.129 e. The number of hydrogen-bond acceptors (Lipinski definition) is 0. The predicted molar refractivity (Wildman–Crippen MR) is 161 cm³/mol. The molecule has 0 saturated heterocycles. The second-order valence-electron chi connectivity index (χ2n) is 13.2. The molecule has 0 amide bonds. The summed E-state index contributed by atoms with van der Waals surface area (Å²) in [5.74, 6) is 9.04. The molecule has 1 atom stereocenters. The quantitative estimate of drug-likeness (QED) is 0.263. The molecule has 2 aromatic carbocycles. The summed E-state index contributed by atoms with van der Waals surface area (Å²) >= 11 is 0. The average molecular weight is 499 g/mol. The molecular formula is C33H46Si2. The van der Waals surface area contributed by atoms with E-state index in [4.69, 9.17) is 0 Å². The third-order valence-electron chi connectivity index (χ3n) is 6.73. The molecule has 0 N–H and O–H groups in total. The molecule has 3 rings (SSSR count). The van der Waals surface area contributed by atoms with Crippen molar-refractivity contribution in [3.05, 3.63) is 58.7 Å². The summed E-state index contributed by atoms with van der Waals surface area (Å²) in [6.45, 7) is 21.0. The smallest absolute Gasteiger partial charge is 0.127 e. The summed E-state index contributed by atoms with van der Waals surface area (Å²) in [4.78, 5) is 0. The van der Waals surface area contributed by atoms with E-state index in [0.717, 1.165) is 11.8 Å². The molecule has 0 nitrogen and oxygen atoms in total. The van der Waals surface area contributed by atoms with Crippen LogP contribution >= 0.6 is 0 Å². The first-order valence-corrected chi connectivity index (χ1v) is 20.7. The Balaban J connectivity index is 1.93. The fourth-order valence-electron chi connectivity index (χ4n) is 4.82. The minimum atomic E-state index is -1.40. The normalized spacial score (nSPS) is 14.0. The maximum Gasteiger partial charge on any atom is 0.129 e. The van der Waals surface area contributed by atoms with Gasteiger partial charge in [-0.2, -0.15) is 0 Å². The third kappa shape index (κ3) is 8.27. The lowest BCUT2D eigenvalue weighted by Gasteiger charge is -2.18. The van der Waals surface area contributed by atoms with Gasteiger partial charge in [0.15, 0.2) is 0 Å². The highest BCUT2D eigenvalue weighted by Gasteiger charge is 2.29. The topological polar surface area (TPSA) is 0 Å². The van der Waals surface area contributed by atoms with Crippen molar-refractivity contribution in [1.29, 1.82) is 0 Å². The van der Waals surface area contributed by atoms with Gasteiger partial charge in [0.05, 0.1) is 0 Å². The van der Waals surface area contributed by atoms with E-state index in [1.807, 2.05) is 0 Å². The van der Waals surface area contributed by atoms with Crippen LogP contribution in [0, 0.1) is 34.8 Å². The van der Waals surface area contributed by atoms with E-state index < -0.39 is 16.1 Å². The highest BCUT2D eigenvalue weighted by atomic mass is 28.3. The van der Waals surface area contributed by atoms with Gasteiger partial charge in [0.2, 0.25) is 0 Å². The van der Waals surface area contributed by atoms with Crippen molar-refractivity contribution >= 4 is 16.1 Å². The summed E-state index contributed by atoms with van der Waals surface area (Å²) in [6, 6.07) is 13.9. The van der Waals surface area contributed by atoms with Gasteiger partial charge in [-0.1, -0.05) is 103 Å². The van der Waals surface area contributed by atoms with Crippen LogP contribution < -0.4 is 0 Å². The lowest BCUT2D eigenvalue weighted by Crippen LogP contribution is -2.16. The molecule has 1 aliphatic carbocycles. The van der Waals surface area contributed by atoms with Gasteiger partial charge < -0.3 is 0 Å². The van der Waals surface area contributed by atoms with Crippen molar-refractivity contribution in [2.45, 2.75) is 98.1 Å². The second kappa shape index (κ2) is 11.4. The van der Waals surface area contributed by atoms with E-state index in [-0.39, 0.29) is 0 Å². The molecule has 0 fully saturated rings. The average Bonchev–Trinajstić information content (AvgIpc) is 3.06. The Morgan fingerprint density at radius 2 is 1.17 bits per heavy atom. The van der Waals surface area contributed by atoms with Crippen molar-refractivity contribution < 1.29 is 0 Å². The summed E-state index contributed by atoms with van der Waals surface area (Å²) in [6.07, 6.45) is 6.52. The molecule has 186 valence electrons. The lowest BCUT2D eigenvalue weighted by molar-refractivity contribution is 0.420. The molecule has 0 aromatic heterocycles. The van der Waals surface area contributed by atoms with Gasteiger partial charge in [-0.3, -0.25) is 0 Å². The maximum absolute atomic E-state index is 3.56. The van der Waals surface area contributed by atoms with Crippen molar-refractivity contribution in [3.8, 4) is 34.1 Å². The van der Waals surface area contributed by atoms with Crippen LogP contribution in [0.5, 0.6) is 0 Å². The first-order chi connectivity index (χ1) is 16.3. The Labute approximate surface area is 218 Å². The first kappa shape index (κ1) is 27.6. The minimum Gasteiger partial charge on any atom is -0.127 e. The highest BCUT2D eigenvalue weighted by molar-refractivity contribution is 6.84. The lowest BCUT2D eigenvalue weighted by atomic mass is 9.86. The van der Waals surface area contributed by atoms with Crippen LogP contribution in [-0.2, 0) is 0 Å². The molecule has 1 aliphatic rings. The Kier molecular flexibility index (Phi) is 8.96. The number of hydrogen-bond donors (Lipinski definition) is 0. The van der Waals surface area contributed by atoms with Crippen molar-refractivity contribution in [1.82, 2.24) is 0 Å². The predicted octanol–water partition coefficient (Wildman–Crippen LogP) is 9.50. The van der Waals surface area contributed by atoms with Crippen LogP contribution in [0.4, 0.5) is 0 Å².